The van der Waals surface area contributed by atoms with Gasteiger partial charge in [-0.3, -0.25) is 14.9 Å². The van der Waals surface area contributed by atoms with Gasteiger partial charge in [0.15, 0.2) is 0 Å². The van der Waals surface area contributed by atoms with E-state index in [4.69, 9.17) is 4.98 Å². The molecule has 0 radical (unpaired) electrons. The number of rotatable bonds is 3. The van der Waals surface area contributed by atoms with Gasteiger partial charge >= 0.3 is 0 Å². The maximum Gasteiger partial charge on any atom is 0.219 e. The fraction of sp³-hybridized carbons (Fsp3) is 0.500. The molecule has 1 atom stereocenters. The van der Waals surface area contributed by atoms with E-state index in [-0.39, 0.29) is 5.91 Å². The van der Waals surface area contributed by atoms with Crippen molar-refractivity contribution >= 4 is 5.91 Å². The summed E-state index contributed by atoms with van der Waals surface area (Å²) in [5.74, 6) is 0.631. The lowest BCUT2D eigenvalue weighted by molar-refractivity contribution is -0.130. The van der Waals surface area contributed by atoms with Crippen molar-refractivity contribution in [2.45, 2.75) is 33.1 Å². The number of hydrogen-bond acceptors (Lipinski definition) is 4. The molecule has 1 aliphatic heterocycles. The Kier molecular flexibility index (Phi) is 4.18. The lowest BCUT2D eigenvalue weighted by atomic mass is 9.93. The van der Waals surface area contributed by atoms with Gasteiger partial charge in [-0.05, 0) is 32.1 Å². The predicted molar refractivity (Wildman–Crippen MR) is 83.0 cm³/mol. The second-order valence-electron chi connectivity index (χ2n) is 5.98. The van der Waals surface area contributed by atoms with Crippen molar-refractivity contribution in [2.24, 2.45) is 5.92 Å². The van der Waals surface area contributed by atoms with E-state index in [1.807, 2.05) is 18.0 Å². The van der Waals surface area contributed by atoms with Crippen molar-refractivity contribution in [2.75, 3.05) is 13.1 Å². The Morgan fingerprint density at radius 1 is 1.41 bits per heavy atom. The molecule has 0 aliphatic carbocycles. The number of nitrogens with one attached hydrogen (secondary N) is 1. The van der Waals surface area contributed by atoms with Crippen LogP contribution in [-0.2, 0) is 11.2 Å². The first-order valence-electron chi connectivity index (χ1n) is 7.70. The van der Waals surface area contributed by atoms with Crippen LogP contribution >= 0.6 is 0 Å². The minimum Gasteiger partial charge on any atom is -0.343 e. The Balaban J connectivity index is 1.73. The molecule has 0 aromatic carbocycles. The fourth-order valence-electron chi connectivity index (χ4n) is 3.06. The van der Waals surface area contributed by atoms with Gasteiger partial charge in [0, 0.05) is 37.5 Å². The van der Waals surface area contributed by atoms with Crippen LogP contribution in [0.3, 0.4) is 0 Å². The molecule has 2 aromatic heterocycles. The maximum absolute atomic E-state index is 11.5. The molecule has 0 spiro atoms. The second kappa shape index (κ2) is 6.25. The van der Waals surface area contributed by atoms with Gasteiger partial charge in [0.1, 0.15) is 0 Å². The molecule has 3 rings (SSSR count). The van der Waals surface area contributed by atoms with Crippen LogP contribution in [0.25, 0.3) is 11.3 Å². The SMILES string of the molecule is CC(=O)N1CCC[C@@H](Cc2cncc(-c3cn[nH]c3C)n2)C1. The highest BCUT2D eigenvalue weighted by Crippen LogP contribution is 2.22. The number of amides is 1. The summed E-state index contributed by atoms with van der Waals surface area (Å²) in [6.07, 6.45) is 8.44. The van der Waals surface area contributed by atoms with Crippen molar-refractivity contribution in [1.29, 1.82) is 0 Å². The normalized spacial score (nSPS) is 18.5. The summed E-state index contributed by atoms with van der Waals surface area (Å²) >= 11 is 0. The third-order valence-electron chi connectivity index (χ3n) is 4.25. The van der Waals surface area contributed by atoms with Crippen LogP contribution in [0.4, 0.5) is 0 Å². The van der Waals surface area contributed by atoms with Gasteiger partial charge in [0.25, 0.3) is 0 Å². The van der Waals surface area contributed by atoms with E-state index >= 15 is 0 Å². The number of aryl methyl sites for hydroxylation is 1. The zero-order valence-electron chi connectivity index (χ0n) is 13.0. The van der Waals surface area contributed by atoms with E-state index in [1.165, 1.54) is 0 Å². The van der Waals surface area contributed by atoms with Crippen molar-refractivity contribution in [3.8, 4) is 11.3 Å². The van der Waals surface area contributed by atoms with Crippen molar-refractivity contribution < 1.29 is 4.79 Å². The van der Waals surface area contributed by atoms with Gasteiger partial charge in [-0.2, -0.15) is 5.10 Å². The molecule has 0 saturated carbocycles. The summed E-state index contributed by atoms with van der Waals surface area (Å²) in [7, 11) is 0. The van der Waals surface area contributed by atoms with Gasteiger partial charge in [0.2, 0.25) is 5.91 Å². The van der Waals surface area contributed by atoms with E-state index in [0.29, 0.717) is 5.92 Å². The third-order valence-corrected chi connectivity index (χ3v) is 4.25. The van der Waals surface area contributed by atoms with Crippen molar-refractivity contribution in [3.05, 3.63) is 30.0 Å². The number of carbonyl (C=O) groups excluding carboxylic acids is 1. The molecule has 6 nitrogen and oxygen atoms in total. The molecule has 1 fully saturated rings. The Hall–Kier alpha value is -2.24. The highest BCUT2D eigenvalue weighted by atomic mass is 16.2. The van der Waals surface area contributed by atoms with Gasteiger partial charge in [0.05, 0.1) is 23.8 Å². The van der Waals surface area contributed by atoms with Crippen molar-refractivity contribution in [3.63, 3.8) is 0 Å². The van der Waals surface area contributed by atoms with E-state index in [0.717, 1.165) is 55.0 Å². The van der Waals surface area contributed by atoms with Gasteiger partial charge in [-0.15, -0.1) is 0 Å². The molecule has 1 amide bonds. The fourth-order valence-corrected chi connectivity index (χ4v) is 3.06. The average Bonchev–Trinajstić information content (AvgIpc) is 2.94. The Labute approximate surface area is 130 Å². The topological polar surface area (TPSA) is 74.8 Å². The summed E-state index contributed by atoms with van der Waals surface area (Å²) in [6, 6.07) is 0. The summed E-state index contributed by atoms with van der Waals surface area (Å²) in [4.78, 5) is 22.5. The number of likely N-dealkylation sites (tertiary alicyclic amines) is 1. The molecule has 22 heavy (non-hydrogen) atoms. The number of aromatic amines is 1. The summed E-state index contributed by atoms with van der Waals surface area (Å²) < 4.78 is 0. The minimum atomic E-state index is 0.165. The van der Waals surface area contributed by atoms with Gasteiger partial charge in [-0.25, -0.2) is 4.98 Å². The molecule has 0 bridgehead atoms. The van der Waals surface area contributed by atoms with Crippen LogP contribution in [0.2, 0.25) is 0 Å². The first-order valence-corrected chi connectivity index (χ1v) is 7.70. The number of hydrogen-bond donors (Lipinski definition) is 1. The van der Waals surface area contributed by atoms with E-state index < -0.39 is 0 Å². The number of piperidine rings is 1. The average molecular weight is 299 g/mol. The Morgan fingerprint density at radius 3 is 3.00 bits per heavy atom. The number of carbonyl (C=O) groups is 1. The van der Waals surface area contributed by atoms with Crippen LogP contribution < -0.4 is 0 Å². The van der Waals surface area contributed by atoms with E-state index in [1.54, 1.807) is 19.3 Å². The summed E-state index contributed by atoms with van der Waals surface area (Å²) in [5, 5.41) is 6.96. The zero-order valence-corrected chi connectivity index (χ0v) is 13.0. The van der Waals surface area contributed by atoms with E-state index in [9.17, 15) is 4.79 Å². The number of aromatic nitrogens is 4. The molecule has 116 valence electrons. The molecular formula is C16H21N5O. The lowest BCUT2D eigenvalue weighted by Crippen LogP contribution is -2.39. The van der Waals surface area contributed by atoms with E-state index in [2.05, 4.69) is 15.2 Å². The van der Waals surface area contributed by atoms with Crippen LogP contribution in [0, 0.1) is 12.8 Å². The van der Waals surface area contributed by atoms with Crippen molar-refractivity contribution in [1.82, 2.24) is 25.1 Å². The Morgan fingerprint density at radius 2 is 2.27 bits per heavy atom. The predicted octanol–water partition coefficient (Wildman–Crippen LogP) is 1.98. The molecule has 1 saturated heterocycles. The molecule has 6 heteroatoms. The van der Waals surface area contributed by atoms with Crippen LogP contribution in [0.1, 0.15) is 31.2 Å². The minimum absolute atomic E-state index is 0.165. The first kappa shape index (κ1) is 14.7. The smallest absolute Gasteiger partial charge is 0.219 e. The third kappa shape index (κ3) is 3.16. The molecule has 3 heterocycles. The van der Waals surface area contributed by atoms with Crippen LogP contribution in [-0.4, -0.2) is 44.1 Å². The lowest BCUT2D eigenvalue weighted by Gasteiger charge is -2.31. The van der Waals surface area contributed by atoms with Gasteiger partial charge in [-0.1, -0.05) is 0 Å². The van der Waals surface area contributed by atoms with Crippen LogP contribution in [0.5, 0.6) is 0 Å². The molecule has 1 N–H and O–H groups in total. The maximum atomic E-state index is 11.5. The molecular weight excluding hydrogens is 278 g/mol. The largest absolute Gasteiger partial charge is 0.343 e. The second-order valence-corrected chi connectivity index (χ2v) is 5.98. The quantitative estimate of drug-likeness (QED) is 0.940. The number of nitrogens with zero attached hydrogens (tertiary/aromatic N) is 4. The van der Waals surface area contributed by atoms with Crippen LogP contribution in [0.15, 0.2) is 18.6 Å². The molecule has 0 unspecified atom stereocenters. The molecule has 1 aliphatic rings. The highest BCUT2D eigenvalue weighted by Gasteiger charge is 2.22. The zero-order chi connectivity index (χ0) is 15.5. The summed E-state index contributed by atoms with van der Waals surface area (Å²) in [6.45, 7) is 5.32. The standard InChI is InChI=1S/C16H21N5O/c1-11-15(8-18-20-11)16-9-17-7-14(19-16)6-13-4-3-5-21(10-13)12(2)22/h7-9,13H,3-6,10H2,1-2H3,(H,18,20)/t13-/m0/s1. The highest BCUT2D eigenvalue weighted by molar-refractivity contribution is 5.73. The first-order chi connectivity index (χ1) is 10.6. The Bertz CT molecular complexity index is 666. The summed E-state index contributed by atoms with van der Waals surface area (Å²) in [5.41, 5.74) is 3.81. The monoisotopic (exact) mass is 299 g/mol. The molecule has 2 aromatic rings. The number of H-pyrrole nitrogens is 1. The van der Waals surface area contributed by atoms with Gasteiger partial charge < -0.3 is 4.90 Å².